The molecule has 1 unspecified atom stereocenters. The highest BCUT2D eigenvalue weighted by Crippen LogP contribution is 2.35. The second-order valence-corrected chi connectivity index (χ2v) is 6.05. The Morgan fingerprint density at radius 1 is 1.20 bits per heavy atom. The van der Waals surface area contributed by atoms with Crippen molar-refractivity contribution in [3.8, 4) is 0 Å². The molecule has 1 fully saturated rings. The highest BCUT2D eigenvalue weighted by atomic mass is 14.9. The highest BCUT2D eigenvalue weighted by Gasteiger charge is 2.27. The fourth-order valence-electron chi connectivity index (χ4n) is 1.84. The lowest BCUT2D eigenvalue weighted by Crippen LogP contribution is -2.37. The smallest absolute Gasteiger partial charge is 0.00965 e. The third kappa shape index (κ3) is 6.91. The molecule has 0 saturated heterocycles. The van der Waals surface area contributed by atoms with Crippen molar-refractivity contribution in [1.29, 1.82) is 0 Å². The summed E-state index contributed by atoms with van der Waals surface area (Å²) >= 11 is 0. The molecular formula is C13H28N2. The zero-order valence-electron chi connectivity index (χ0n) is 10.9. The lowest BCUT2D eigenvalue weighted by Gasteiger charge is -2.20. The quantitative estimate of drug-likeness (QED) is 0.633. The first-order valence-corrected chi connectivity index (χ1v) is 6.45. The van der Waals surface area contributed by atoms with Gasteiger partial charge in [-0.2, -0.15) is 0 Å². The summed E-state index contributed by atoms with van der Waals surface area (Å²) in [6.45, 7) is 12.5. The Balaban J connectivity index is 1.84. The Morgan fingerprint density at radius 3 is 2.40 bits per heavy atom. The van der Waals surface area contributed by atoms with Crippen LogP contribution in [0.1, 0.15) is 47.0 Å². The maximum Gasteiger partial charge on any atom is 0.00965 e. The minimum absolute atomic E-state index is 0.265. The summed E-state index contributed by atoms with van der Waals surface area (Å²) in [6.07, 6.45) is 4.16. The SMILES string of the molecule is CC(CNCCCNC(C)(C)C)C1CC1. The summed E-state index contributed by atoms with van der Waals surface area (Å²) in [7, 11) is 0. The fourth-order valence-corrected chi connectivity index (χ4v) is 1.84. The van der Waals surface area contributed by atoms with E-state index in [1.165, 1.54) is 25.8 Å². The molecular weight excluding hydrogens is 184 g/mol. The molecule has 2 heteroatoms. The first-order valence-electron chi connectivity index (χ1n) is 6.45. The Hall–Kier alpha value is -0.0800. The molecule has 0 amide bonds. The van der Waals surface area contributed by atoms with Crippen molar-refractivity contribution in [2.24, 2.45) is 11.8 Å². The van der Waals surface area contributed by atoms with E-state index in [-0.39, 0.29) is 5.54 Å². The molecule has 0 spiro atoms. The molecule has 1 aliphatic rings. The van der Waals surface area contributed by atoms with Crippen molar-refractivity contribution < 1.29 is 0 Å². The topological polar surface area (TPSA) is 24.1 Å². The summed E-state index contributed by atoms with van der Waals surface area (Å²) in [6, 6.07) is 0. The van der Waals surface area contributed by atoms with E-state index in [9.17, 15) is 0 Å². The van der Waals surface area contributed by atoms with Gasteiger partial charge in [-0.25, -0.2) is 0 Å². The van der Waals surface area contributed by atoms with Crippen molar-refractivity contribution in [2.75, 3.05) is 19.6 Å². The van der Waals surface area contributed by atoms with Crippen LogP contribution in [-0.2, 0) is 0 Å². The van der Waals surface area contributed by atoms with Crippen molar-refractivity contribution >= 4 is 0 Å². The minimum atomic E-state index is 0.265. The van der Waals surface area contributed by atoms with E-state index in [1.807, 2.05) is 0 Å². The van der Waals surface area contributed by atoms with Crippen LogP contribution in [0.4, 0.5) is 0 Å². The average molecular weight is 212 g/mol. The number of rotatable bonds is 7. The lowest BCUT2D eigenvalue weighted by molar-refractivity contribution is 0.409. The predicted octanol–water partition coefficient (Wildman–Crippen LogP) is 2.40. The predicted molar refractivity (Wildman–Crippen MR) is 67.1 cm³/mol. The molecule has 1 saturated carbocycles. The van der Waals surface area contributed by atoms with Gasteiger partial charge in [-0.1, -0.05) is 6.92 Å². The zero-order valence-corrected chi connectivity index (χ0v) is 10.9. The summed E-state index contributed by atoms with van der Waals surface area (Å²) in [5.41, 5.74) is 0.265. The van der Waals surface area contributed by atoms with Crippen molar-refractivity contribution in [1.82, 2.24) is 10.6 Å². The van der Waals surface area contributed by atoms with Crippen LogP contribution < -0.4 is 10.6 Å². The lowest BCUT2D eigenvalue weighted by atomic mass is 10.1. The van der Waals surface area contributed by atoms with E-state index in [0.717, 1.165) is 24.9 Å². The van der Waals surface area contributed by atoms with Crippen LogP contribution in [-0.4, -0.2) is 25.2 Å². The van der Waals surface area contributed by atoms with Gasteiger partial charge >= 0.3 is 0 Å². The Bertz CT molecular complexity index is 168. The van der Waals surface area contributed by atoms with Gasteiger partial charge in [0.05, 0.1) is 0 Å². The molecule has 0 heterocycles. The Morgan fingerprint density at radius 2 is 1.87 bits per heavy atom. The van der Waals surface area contributed by atoms with Gasteiger partial charge in [0.25, 0.3) is 0 Å². The summed E-state index contributed by atoms with van der Waals surface area (Å²) in [5.74, 6) is 1.92. The maximum atomic E-state index is 3.55. The standard InChI is InChI=1S/C13H28N2/c1-11(12-6-7-12)10-14-8-5-9-15-13(2,3)4/h11-12,14-15H,5-10H2,1-4H3. The molecule has 0 radical (unpaired) electrons. The Labute approximate surface area is 95.2 Å². The molecule has 0 bridgehead atoms. The van der Waals surface area contributed by atoms with Crippen LogP contribution in [0.25, 0.3) is 0 Å². The van der Waals surface area contributed by atoms with E-state index in [2.05, 4.69) is 38.3 Å². The van der Waals surface area contributed by atoms with E-state index in [0.29, 0.717) is 0 Å². The van der Waals surface area contributed by atoms with Crippen LogP contribution in [0.2, 0.25) is 0 Å². The van der Waals surface area contributed by atoms with Gasteiger partial charge < -0.3 is 10.6 Å². The van der Waals surface area contributed by atoms with Crippen LogP contribution in [0, 0.1) is 11.8 Å². The zero-order chi connectivity index (χ0) is 11.3. The van der Waals surface area contributed by atoms with Crippen LogP contribution in [0.5, 0.6) is 0 Å². The summed E-state index contributed by atoms with van der Waals surface area (Å²) in [5, 5.41) is 7.06. The molecule has 0 aromatic rings. The second-order valence-electron chi connectivity index (χ2n) is 6.05. The van der Waals surface area contributed by atoms with Crippen molar-refractivity contribution in [2.45, 2.75) is 52.5 Å². The monoisotopic (exact) mass is 212 g/mol. The average Bonchev–Trinajstić information content (AvgIpc) is 2.91. The number of hydrogen-bond donors (Lipinski definition) is 2. The normalized spacial score (nSPS) is 19.2. The molecule has 0 aromatic heterocycles. The molecule has 1 atom stereocenters. The molecule has 1 rings (SSSR count). The Kier molecular flexibility index (Phi) is 5.07. The first-order chi connectivity index (χ1) is 6.99. The largest absolute Gasteiger partial charge is 0.316 e. The first kappa shape index (κ1) is 13.0. The third-order valence-corrected chi connectivity index (χ3v) is 3.08. The van der Waals surface area contributed by atoms with Crippen molar-refractivity contribution in [3.05, 3.63) is 0 Å². The van der Waals surface area contributed by atoms with E-state index in [4.69, 9.17) is 0 Å². The van der Waals surface area contributed by atoms with Gasteiger partial charge in [-0.05, 0) is 71.5 Å². The van der Waals surface area contributed by atoms with Gasteiger partial charge in [0.2, 0.25) is 0 Å². The molecule has 1 aliphatic carbocycles. The summed E-state index contributed by atoms with van der Waals surface area (Å²) < 4.78 is 0. The third-order valence-electron chi connectivity index (χ3n) is 3.08. The van der Waals surface area contributed by atoms with E-state index in [1.54, 1.807) is 0 Å². The number of nitrogens with one attached hydrogen (secondary N) is 2. The molecule has 15 heavy (non-hydrogen) atoms. The molecule has 2 N–H and O–H groups in total. The molecule has 0 aromatic carbocycles. The van der Waals surface area contributed by atoms with Gasteiger partial charge in [-0.15, -0.1) is 0 Å². The molecule has 90 valence electrons. The van der Waals surface area contributed by atoms with Crippen LogP contribution in [0.3, 0.4) is 0 Å². The van der Waals surface area contributed by atoms with Gasteiger partial charge in [0.1, 0.15) is 0 Å². The van der Waals surface area contributed by atoms with Crippen molar-refractivity contribution in [3.63, 3.8) is 0 Å². The second kappa shape index (κ2) is 5.86. The van der Waals surface area contributed by atoms with Gasteiger partial charge in [0, 0.05) is 5.54 Å². The van der Waals surface area contributed by atoms with E-state index >= 15 is 0 Å². The van der Waals surface area contributed by atoms with E-state index < -0.39 is 0 Å². The van der Waals surface area contributed by atoms with Crippen LogP contribution >= 0.6 is 0 Å². The highest BCUT2D eigenvalue weighted by molar-refractivity contribution is 4.79. The van der Waals surface area contributed by atoms with Crippen LogP contribution in [0.15, 0.2) is 0 Å². The number of hydrogen-bond acceptors (Lipinski definition) is 2. The van der Waals surface area contributed by atoms with Gasteiger partial charge in [0.15, 0.2) is 0 Å². The van der Waals surface area contributed by atoms with Gasteiger partial charge in [-0.3, -0.25) is 0 Å². The molecule has 2 nitrogen and oxygen atoms in total. The minimum Gasteiger partial charge on any atom is -0.316 e. The molecule has 0 aliphatic heterocycles. The summed E-state index contributed by atoms with van der Waals surface area (Å²) in [4.78, 5) is 0. The maximum absolute atomic E-state index is 3.55. The fraction of sp³-hybridized carbons (Fsp3) is 1.00.